The molecular formula is C74H113N17O21. The third-order valence-electron chi connectivity index (χ3n) is 18.6. The Balaban J connectivity index is 1.91. The van der Waals surface area contributed by atoms with Crippen molar-refractivity contribution in [1.82, 2.24) is 68.0 Å². The van der Waals surface area contributed by atoms with E-state index in [-0.39, 0.29) is 76.3 Å². The summed E-state index contributed by atoms with van der Waals surface area (Å²) in [7, 11) is 2.52. The Kier molecular flexibility index (Phi) is 39.2. The van der Waals surface area contributed by atoms with Crippen LogP contribution in [0.15, 0.2) is 60.8 Å². The molecule has 13 atom stereocenters. The second-order valence-corrected chi connectivity index (χ2v) is 28.9. The number of ether oxygens (including phenoxy) is 1. The third kappa shape index (κ3) is 30.2. The predicted octanol–water partition coefficient (Wildman–Crippen LogP) is -4.63. The van der Waals surface area contributed by atoms with E-state index in [2.05, 4.69) is 52.8 Å². The van der Waals surface area contributed by atoms with Crippen LogP contribution in [0.5, 0.6) is 0 Å². The lowest BCUT2D eigenvalue weighted by Gasteiger charge is -2.34. The first kappa shape index (κ1) is 93.7. The van der Waals surface area contributed by atoms with Crippen LogP contribution in [0.25, 0.3) is 10.9 Å². The van der Waals surface area contributed by atoms with Gasteiger partial charge in [-0.2, -0.15) is 0 Å². The first-order valence-corrected chi connectivity index (χ1v) is 37.4. The van der Waals surface area contributed by atoms with Gasteiger partial charge in [-0.1, -0.05) is 96.5 Å². The maximum atomic E-state index is 15.1. The van der Waals surface area contributed by atoms with Gasteiger partial charge in [0, 0.05) is 63.4 Å². The number of aliphatic hydroxyl groups is 3. The second-order valence-electron chi connectivity index (χ2n) is 28.9. The fraction of sp³-hybridized carbons (Fsp3) is 0.595. The monoisotopic (exact) mass is 1580 g/mol. The molecule has 13 unspecified atom stereocenters. The minimum absolute atomic E-state index is 0.0181. The van der Waals surface area contributed by atoms with Gasteiger partial charge in [0.2, 0.25) is 82.7 Å². The molecule has 0 aliphatic carbocycles. The molecule has 2 aromatic carbocycles. The van der Waals surface area contributed by atoms with Gasteiger partial charge in [0.1, 0.15) is 72.6 Å². The number of rotatable bonds is 26. The molecule has 620 valence electrons. The van der Waals surface area contributed by atoms with E-state index in [9.17, 15) is 92.3 Å². The summed E-state index contributed by atoms with van der Waals surface area (Å²) < 4.78 is 6.02. The number of H-pyrrole nitrogens is 1. The number of amides is 14. The van der Waals surface area contributed by atoms with Crippen LogP contribution in [0.1, 0.15) is 136 Å². The van der Waals surface area contributed by atoms with Crippen molar-refractivity contribution in [2.75, 3.05) is 46.9 Å². The van der Waals surface area contributed by atoms with Crippen LogP contribution in [-0.2, 0) is 94.3 Å². The van der Waals surface area contributed by atoms with Gasteiger partial charge < -0.3 is 116 Å². The molecule has 1 aromatic heterocycles. The number of nitrogens with two attached hydrogens (primary N) is 4. The lowest BCUT2D eigenvalue weighted by molar-refractivity contribution is -0.162. The number of esters is 1. The van der Waals surface area contributed by atoms with Gasteiger partial charge in [0.05, 0.1) is 26.1 Å². The molecule has 23 N–H and O–H groups in total. The number of carbonyl (C=O) groups excluding carboxylic acids is 15. The number of carboxylic acids is 1. The van der Waals surface area contributed by atoms with Crippen molar-refractivity contribution in [3.63, 3.8) is 0 Å². The predicted molar refractivity (Wildman–Crippen MR) is 404 cm³/mol. The largest absolute Gasteiger partial charge is 0.481 e. The number of primary amides is 2. The number of cyclic esters (lactones) is 1. The molecule has 1 fully saturated rings. The highest BCUT2D eigenvalue weighted by Crippen LogP contribution is 2.23. The van der Waals surface area contributed by atoms with Crippen molar-refractivity contribution in [3.8, 4) is 0 Å². The fourth-order valence-corrected chi connectivity index (χ4v) is 12.5. The van der Waals surface area contributed by atoms with E-state index in [0.29, 0.717) is 34.9 Å². The van der Waals surface area contributed by atoms with E-state index < -0.39 is 231 Å². The summed E-state index contributed by atoms with van der Waals surface area (Å²) in [5, 5.41) is 66.3. The standard InChI is InChI=1S/C74H113N17O21/c1-39(2)17-14-20-44-34-57(95)81-54(38-93)70(107)89-60(62(99)63(78)100)72(109)88-53(37-92)64(101)79-30-27-58(96)90(7)55(32-42-18-10-9-11-19-42)71(108)87-50(31-40(3)4)67(104)82-47(23-15-28-75)65(102)83-48(25-26-59(97)98)66(103)86-52(35-56(77)94)69(106)85-51(33-43-36-80-46-22-13-12-21-45(43)46)68(105)84-49(24-16-29-76)73(110)91(8)61(41(5)6)74(111)112-44/h9-13,18-19,21-22,36,39-41,44,47-55,60-62,80,92-93,99H,14-17,20,23-35,37-38,75-76H2,1-8H3,(H2,77,94)(H2,78,100)(H,79,101)(H,81,95)(H,82,104)(H,83,102)(H,84,105)(H,85,106)(H,86,103)(H,87,108)(H,88,109)(H,89,107)(H,97,98). The minimum Gasteiger partial charge on any atom is -0.481 e. The van der Waals surface area contributed by atoms with Crippen LogP contribution in [0.3, 0.4) is 0 Å². The number of carbonyl (C=O) groups is 16. The summed E-state index contributed by atoms with van der Waals surface area (Å²) in [6.07, 6.45) is -5.85. The van der Waals surface area contributed by atoms with Gasteiger partial charge in [-0.3, -0.25) is 71.9 Å². The van der Waals surface area contributed by atoms with Crippen LogP contribution in [-0.4, -0.2) is 255 Å². The average molecular weight is 1580 g/mol. The Bertz CT molecular complexity index is 3730. The second kappa shape index (κ2) is 46.8. The SMILES string of the molecule is CC(C)CCCC1CC(=O)NC(CO)C(=O)NC(C(O)C(N)=O)C(=O)NC(CO)C(=O)NCCC(=O)N(C)C(Cc2ccccc2)C(=O)NC(CC(C)C)C(=O)NC(CCCN)C(=O)NC(CCC(=O)O)C(=O)NC(CC(N)=O)C(=O)NC(Cc2c[nH]c3ccccc23)C(=O)NC(CCCN)C(=O)N(C)C(C(C)C)C(=O)O1. The normalized spacial score (nSPS) is 24.2. The van der Waals surface area contributed by atoms with E-state index in [1.165, 1.54) is 14.1 Å². The van der Waals surface area contributed by atoms with E-state index in [4.69, 9.17) is 27.7 Å². The lowest BCUT2D eigenvalue weighted by Crippen LogP contribution is -2.63. The van der Waals surface area contributed by atoms with E-state index >= 15 is 4.79 Å². The molecule has 0 bridgehead atoms. The van der Waals surface area contributed by atoms with Crippen molar-refractivity contribution in [2.24, 2.45) is 40.7 Å². The summed E-state index contributed by atoms with van der Waals surface area (Å²) >= 11 is 0. The number of carboxylic acid groups (broad SMARTS) is 1. The number of benzene rings is 2. The smallest absolute Gasteiger partial charge is 0.329 e. The van der Waals surface area contributed by atoms with Crippen molar-refractivity contribution in [1.29, 1.82) is 0 Å². The number of para-hydroxylation sites is 1. The molecular weight excluding hydrogens is 1460 g/mol. The van der Waals surface area contributed by atoms with Crippen LogP contribution in [0.4, 0.5) is 0 Å². The molecule has 38 heteroatoms. The lowest BCUT2D eigenvalue weighted by atomic mass is 9.99. The van der Waals surface area contributed by atoms with Crippen molar-refractivity contribution < 1.29 is 102 Å². The molecule has 4 rings (SSSR count). The zero-order chi connectivity index (χ0) is 83.6. The molecule has 1 aliphatic rings. The Labute approximate surface area is 649 Å². The maximum Gasteiger partial charge on any atom is 0.329 e. The fourth-order valence-electron chi connectivity index (χ4n) is 12.5. The number of hydrogen-bond acceptors (Lipinski definition) is 22. The van der Waals surface area contributed by atoms with Gasteiger partial charge in [-0.25, -0.2) is 4.79 Å². The molecule has 3 aromatic rings. The first-order chi connectivity index (χ1) is 52.9. The number of aromatic amines is 1. The Morgan fingerprint density at radius 3 is 1.67 bits per heavy atom. The number of nitrogens with zero attached hydrogens (tertiary/aromatic N) is 2. The summed E-state index contributed by atoms with van der Waals surface area (Å²) in [5.41, 5.74) is 24.5. The van der Waals surface area contributed by atoms with Crippen LogP contribution in [0, 0.1) is 17.8 Å². The number of fused-ring (bicyclic) bond motifs is 1. The van der Waals surface area contributed by atoms with Gasteiger partial charge in [-0.15, -0.1) is 0 Å². The highest BCUT2D eigenvalue weighted by atomic mass is 16.5. The zero-order valence-corrected chi connectivity index (χ0v) is 64.6. The molecule has 14 amide bonds. The van der Waals surface area contributed by atoms with Crippen LogP contribution < -0.4 is 76.1 Å². The summed E-state index contributed by atoms with van der Waals surface area (Å²) in [5.74, 6) is -19.4. The summed E-state index contributed by atoms with van der Waals surface area (Å²) in [6, 6.07) is -3.99. The topological polar surface area (TPSA) is 610 Å². The minimum atomic E-state index is -2.56. The summed E-state index contributed by atoms with van der Waals surface area (Å²) in [6.45, 7) is 7.46. The van der Waals surface area contributed by atoms with E-state index in [1.54, 1.807) is 88.5 Å². The zero-order valence-electron chi connectivity index (χ0n) is 64.6. The molecule has 0 radical (unpaired) electrons. The first-order valence-electron chi connectivity index (χ1n) is 37.4. The molecule has 0 spiro atoms. The molecule has 112 heavy (non-hydrogen) atoms. The quantitative estimate of drug-likeness (QED) is 0.0336. The van der Waals surface area contributed by atoms with Crippen molar-refractivity contribution in [2.45, 2.75) is 217 Å². The highest BCUT2D eigenvalue weighted by molar-refractivity contribution is 6.01. The van der Waals surface area contributed by atoms with E-state index in [0.717, 1.165) is 9.80 Å². The van der Waals surface area contributed by atoms with Gasteiger partial charge >= 0.3 is 11.9 Å². The Morgan fingerprint density at radius 2 is 1.09 bits per heavy atom. The summed E-state index contributed by atoms with van der Waals surface area (Å²) in [4.78, 5) is 230. The van der Waals surface area contributed by atoms with Crippen LogP contribution >= 0.6 is 0 Å². The van der Waals surface area contributed by atoms with Gasteiger partial charge in [0.15, 0.2) is 6.10 Å². The van der Waals surface area contributed by atoms with E-state index in [1.807, 2.05) is 19.2 Å². The number of nitrogens with one attached hydrogen (secondary N) is 11. The number of hydrogen-bond donors (Lipinski definition) is 19. The molecule has 1 aliphatic heterocycles. The Morgan fingerprint density at radius 1 is 0.562 bits per heavy atom. The Hall–Kier alpha value is -10.7. The number of aliphatic hydroxyl groups excluding tert-OH is 3. The van der Waals surface area contributed by atoms with Crippen molar-refractivity contribution >= 4 is 106 Å². The number of aromatic nitrogens is 1. The average Bonchev–Trinajstić information content (AvgIpc) is 1.60. The maximum absolute atomic E-state index is 15.1. The van der Waals surface area contributed by atoms with Crippen LogP contribution in [0.2, 0.25) is 0 Å². The van der Waals surface area contributed by atoms with Gasteiger partial charge in [0.25, 0.3) is 0 Å². The van der Waals surface area contributed by atoms with Gasteiger partial charge in [-0.05, 0) is 99.4 Å². The number of likely N-dealkylation sites (N-methyl/N-ethyl adjacent to an activating group) is 2. The molecule has 0 saturated carbocycles. The van der Waals surface area contributed by atoms with Crippen molar-refractivity contribution in [3.05, 3.63) is 71.9 Å². The number of aliphatic carboxylic acids is 1. The molecule has 1 saturated heterocycles. The molecule has 2 heterocycles. The third-order valence-corrected chi connectivity index (χ3v) is 18.6. The highest BCUT2D eigenvalue weighted by Gasteiger charge is 2.42. The molecule has 38 nitrogen and oxygen atoms in total.